The van der Waals surface area contributed by atoms with E-state index in [9.17, 15) is 0 Å². The van der Waals surface area contributed by atoms with Crippen LogP contribution in [-0.4, -0.2) is 26.8 Å². The molecule has 22 heavy (non-hydrogen) atoms. The van der Waals surface area contributed by atoms with Crippen molar-refractivity contribution in [1.82, 2.24) is 14.7 Å². The number of benzene rings is 1. The van der Waals surface area contributed by atoms with Gasteiger partial charge in [0.25, 0.3) is 0 Å². The number of rotatable bonds is 5. The van der Waals surface area contributed by atoms with Crippen molar-refractivity contribution < 1.29 is 0 Å². The lowest BCUT2D eigenvalue weighted by atomic mass is 10.1. The second-order valence-electron chi connectivity index (χ2n) is 5.39. The number of hydrogen-bond donors (Lipinski definition) is 1. The molecule has 0 atom stereocenters. The molecule has 1 N–H and O–H groups in total. The molecular formula is C17H24N4S. The largest absolute Gasteiger partial charge is 0.348 e. The van der Waals surface area contributed by atoms with Gasteiger partial charge < -0.3 is 10.2 Å². The van der Waals surface area contributed by atoms with E-state index in [1.807, 2.05) is 29.6 Å². The van der Waals surface area contributed by atoms with Crippen LogP contribution in [0.3, 0.4) is 0 Å². The molecule has 0 unspecified atom stereocenters. The van der Waals surface area contributed by atoms with Crippen molar-refractivity contribution in [3.63, 3.8) is 0 Å². The molecule has 0 fully saturated rings. The monoisotopic (exact) mass is 316 g/mol. The average Bonchev–Trinajstić information content (AvgIpc) is 2.88. The van der Waals surface area contributed by atoms with E-state index in [-0.39, 0.29) is 0 Å². The molecular weight excluding hydrogens is 292 g/mol. The van der Waals surface area contributed by atoms with Gasteiger partial charge in [-0.25, -0.2) is 0 Å². The van der Waals surface area contributed by atoms with Gasteiger partial charge in [0.05, 0.1) is 5.69 Å². The lowest BCUT2D eigenvalue weighted by molar-refractivity contribution is 0.506. The van der Waals surface area contributed by atoms with Crippen LogP contribution in [0.4, 0.5) is 5.69 Å². The predicted octanol–water partition coefficient (Wildman–Crippen LogP) is 3.60. The third-order valence-corrected chi connectivity index (χ3v) is 4.18. The summed E-state index contributed by atoms with van der Waals surface area (Å²) in [6, 6.07) is 8.28. The number of thiocarbonyl (C=S) groups is 1. The summed E-state index contributed by atoms with van der Waals surface area (Å²) in [5.41, 5.74) is 4.62. The van der Waals surface area contributed by atoms with E-state index in [0.29, 0.717) is 0 Å². The van der Waals surface area contributed by atoms with Crippen molar-refractivity contribution in [2.24, 2.45) is 0 Å². The first-order valence-corrected chi connectivity index (χ1v) is 8.08. The van der Waals surface area contributed by atoms with Crippen LogP contribution in [0.25, 0.3) is 0 Å². The highest BCUT2D eigenvalue weighted by atomic mass is 32.1. The summed E-state index contributed by atoms with van der Waals surface area (Å²) < 4.78 is 1.96. The Balaban J connectivity index is 2.04. The van der Waals surface area contributed by atoms with Crippen LogP contribution in [0.5, 0.6) is 0 Å². The minimum Gasteiger partial charge on any atom is -0.348 e. The summed E-state index contributed by atoms with van der Waals surface area (Å²) in [6.07, 6.45) is 3.08. The summed E-state index contributed by atoms with van der Waals surface area (Å²) in [5.74, 6) is 0. The van der Waals surface area contributed by atoms with E-state index in [0.717, 1.165) is 36.0 Å². The Morgan fingerprint density at radius 1 is 1.27 bits per heavy atom. The average molecular weight is 316 g/mol. The molecule has 0 saturated carbocycles. The lowest BCUT2D eigenvalue weighted by Gasteiger charge is -2.22. The molecule has 0 amide bonds. The van der Waals surface area contributed by atoms with Gasteiger partial charge in [-0.05, 0) is 44.1 Å². The first-order chi connectivity index (χ1) is 10.5. The number of aryl methyl sites for hydroxylation is 3. The zero-order chi connectivity index (χ0) is 16.1. The van der Waals surface area contributed by atoms with Crippen LogP contribution in [0, 0.1) is 6.92 Å². The Labute approximate surface area is 138 Å². The predicted molar refractivity (Wildman–Crippen MR) is 96.1 cm³/mol. The van der Waals surface area contributed by atoms with E-state index < -0.39 is 0 Å². The summed E-state index contributed by atoms with van der Waals surface area (Å²) in [4.78, 5) is 2.05. The molecule has 1 aromatic carbocycles. The van der Waals surface area contributed by atoms with Crippen molar-refractivity contribution in [1.29, 1.82) is 0 Å². The fraction of sp³-hybridized carbons (Fsp3) is 0.412. The standard InChI is InChI=1S/C17H24N4S/c1-5-14-9-7-8-10-16(14)18-17(22)20(4)11-15-12-21(6-2)19-13(15)3/h7-10,12H,5-6,11H2,1-4H3,(H,18,22). The number of hydrogen-bond acceptors (Lipinski definition) is 2. The number of anilines is 1. The molecule has 2 rings (SSSR count). The third-order valence-electron chi connectivity index (χ3n) is 3.77. The van der Waals surface area contributed by atoms with Crippen molar-refractivity contribution >= 4 is 23.0 Å². The van der Waals surface area contributed by atoms with Gasteiger partial charge in [-0.2, -0.15) is 5.10 Å². The van der Waals surface area contributed by atoms with E-state index in [1.54, 1.807) is 0 Å². The minimum absolute atomic E-state index is 0.726. The third kappa shape index (κ3) is 3.85. The Morgan fingerprint density at radius 3 is 2.64 bits per heavy atom. The molecule has 0 spiro atoms. The van der Waals surface area contributed by atoms with Gasteiger partial charge in [0, 0.05) is 37.6 Å². The first kappa shape index (κ1) is 16.5. The number of nitrogens with zero attached hydrogens (tertiary/aromatic N) is 3. The van der Waals surface area contributed by atoms with Crippen molar-refractivity contribution in [2.75, 3.05) is 12.4 Å². The van der Waals surface area contributed by atoms with Gasteiger partial charge in [-0.15, -0.1) is 0 Å². The maximum absolute atomic E-state index is 5.53. The highest BCUT2D eigenvalue weighted by molar-refractivity contribution is 7.80. The molecule has 1 heterocycles. The second kappa shape index (κ2) is 7.40. The molecule has 2 aromatic rings. The van der Waals surface area contributed by atoms with E-state index in [1.165, 1.54) is 11.1 Å². The summed E-state index contributed by atoms with van der Waals surface area (Å²) in [6.45, 7) is 7.92. The Morgan fingerprint density at radius 2 is 2.00 bits per heavy atom. The van der Waals surface area contributed by atoms with Gasteiger partial charge in [-0.3, -0.25) is 4.68 Å². The van der Waals surface area contributed by atoms with Crippen molar-refractivity contribution in [3.05, 3.63) is 47.3 Å². The molecule has 0 aliphatic heterocycles. The van der Waals surface area contributed by atoms with Gasteiger partial charge in [0.15, 0.2) is 5.11 Å². The smallest absolute Gasteiger partial charge is 0.173 e. The Kier molecular flexibility index (Phi) is 5.55. The summed E-state index contributed by atoms with van der Waals surface area (Å²) >= 11 is 5.53. The second-order valence-corrected chi connectivity index (χ2v) is 5.78. The van der Waals surface area contributed by atoms with E-state index in [2.05, 4.69) is 48.7 Å². The van der Waals surface area contributed by atoms with Crippen LogP contribution in [-0.2, 0) is 19.5 Å². The fourth-order valence-electron chi connectivity index (χ4n) is 2.36. The topological polar surface area (TPSA) is 33.1 Å². The van der Waals surface area contributed by atoms with Crippen LogP contribution >= 0.6 is 12.2 Å². The normalized spacial score (nSPS) is 10.5. The molecule has 0 saturated heterocycles. The number of aromatic nitrogens is 2. The molecule has 5 heteroatoms. The molecule has 0 radical (unpaired) electrons. The van der Waals surface area contributed by atoms with Crippen LogP contribution < -0.4 is 5.32 Å². The molecule has 0 aliphatic carbocycles. The lowest BCUT2D eigenvalue weighted by Crippen LogP contribution is -2.31. The fourth-order valence-corrected chi connectivity index (χ4v) is 2.54. The van der Waals surface area contributed by atoms with Crippen LogP contribution in [0.1, 0.15) is 30.7 Å². The molecule has 118 valence electrons. The minimum atomic E-state index is 0.726. The Hall–Kier alpha value is -1.88. The van der Waals surface area contributed by atoms with E-state index in [4.69, 9.17) is 12.2 Å². The van der Waals surface area contributed by atoms with Gasteiger partial charge in [0.1, 0.15) is 0 Å². The van der Waals surface area contributed by atoms with Gasteiger partial charge in [-0.1, -0.05) is 25.1 Å². The highest BCUT2D eigenvalue weighted by Gasteiger charge is 2.11. The SMILES string of the molecule is CCc1ccccc1NC(=S)N(C)Cc1cn(CC)nc1C. The molecule has 4 nitrogen and oxygen atoms in total. The molecule has 1 aromatic heterocycles. The molecule has 0 bridgehead atoms. The summed E-state index contributed by atoms with van der Waals surface area (Å²) in [5, 5.41) is 8.56. The van der Waals surface area contributed by atoms with E-state index >= 15 is 0 Å². The van der Waals surface area contributed by atoms with Gasteiger partial charge in [0.2, 0.25) is 0 Å². The quantitative estimate of drug-likeness (QED) is 0.855. The van der Waals surface area contributed by atoms with Gasteiger partial charge >= 0.3 is 0 Å². The number of para-hydroxylation sites is 1. The zero-order valence-corrected chi connectivity index (χ0v) is 14.6. The van der Waals surface area contributed by atoms with Crippen LogP contribution in [0.2, 0.25) is 0 Å². The maximum atomic E-state index is 5.53. The van der Waals surface area contributed by atoms with Crippen LogP contribution in [0.15, 0.2) is 30.5 Å². The zero-order valence-electron chi connectivity index (χ0n) is 13.8. The highest BCUT2D eigenvalue weighted by Crippen LogP contribution is 2.17. The first-order valence-electron chi connectivity index (χ1n) is 7.68. The van der Waals surface area contributed by atoms with Crippen molar-refractivity contribution in [2.45, 2.75) is 40.3 Å². The van der Waals surface area contributed by atoms with Crippen molar-refractivity contribution in [3.8, 4) is 0 Å². The number of nitrogens with one attached hydrogen (secondary N) is 1. The maximum Gasteiger partial charge on any atom is 0.173 e. The summed E-state index contributed by atoms with van der Waals surface area (Å²) in [7, 11) is 2.01. The molecule has 0 aliphatic rings. The Bertz CT molecular complexity index is 648.